The van der Waals surface area contributed by atoms with Gasteiger partial charge in [0.25, 0.3) is 0 Å². The van der Waals surface area contributed by atoms with Crippen molar-refractivity contribution in [2.24, 2.45) is 0 Å². The molecule has 0 saturated carbocycles. The third-order valence-electron chi connectivity index (χ3n) is 12.2. The van der Waals surface area contributed by atoms with Crippen LogP contribution in [0.4, 0.5) is 13.2 Å². The average Bonchev–Trinajstić information content (AvgIpc) is 3.32. The van der Waals surface area contributed by atoms with Gasteiger partial charge in [-0.05, 0) is 135 Å². The van der Waals surface area contributed by atoms with Gasteiger partial charge in [0.15, 0.2) is 5.75 Å². The number of rotatable bonds is 13. The summed E-state index contributed by atoms with van der Waals surface area (Å²) in [5.74, 6) is -0.457. The van der Waals surface area contributed by atoms with Crippen LogP contribution in [0.5, 0.6) is 5.75 Å². The van der Waals surface area contributed by atoms with E-state index in [-0.39, 0.29) is 16.4 Å². The zero-order valence-corrected chi connectivity index (χ0v) is 39.9. The van der Waals surface area contributed by atoms with E-state index in [9.17, 15) is 21.6 Å². The minimum atomic E-state index is -6.02. The summed E-state index contributed by atoms with van der Waals surface area (Å²) in [6, 6.07) is 48.9. The quantitative estimate of drug-likeness (QED) is 0.0846. The fourth-order valence-corrected chi connectivity index (χ4v) is 8.69. The number of nitrogens with zero attached hydrogens (tertiary/aromatic N) is 3. The molecule has 6 nitrogen and oxygen atoms in total. The lowest BCUT2D eigenvalue weighted by atomic mass is 9.87. The highest BCUT2D eigenvalue weighted by atomic mass is 32.2. The number of pyridine rings is 3. The van der Waals surface area contributed by atoms with Gasteiger partial charge >= 0.3 is 15.6 Å². The van der Waals surface area contributed by atoms with Crippen LogP contribution in [0.25, 0.3) is 56.0 Å². The molecule has 0 fully saturated rings. The predicted molar refractivity (Wildman–Crippen MR) is 268 cm³/mol. The molecule has 0 bridgehead atoms. The smallest absolute Gasteiger partial charge is 0.375 e. The Morgan fingerprint density at radius 3 is 1.38 bits per heavy atom. The van der Waals surface area contributed by atoms with Gasteiger partial charge in [0, 0.05) is 40.8 Å². The maximum Gasteiger partial charge on any atom is 0.534 e. The van der Waals surface area contributed by atoms with E-state index in [0.717, 1.165) is 63.2 Å². The largest absolute Gasteiger partial charge is 0.534 e. The molecule has 8 aromatic rings. The average molecular weight is 930 g/mol. The molecule has 68 heavy (non-hydrogen) atoms. The van der Waals surface area contributed by atoms with E-state index in [1.807, 2.05) is 24.5 Å². The summed E-state index contributed by atoms with van der Waals surface area (Å²) in [6.07, 6.45) is 8.22. The first kappa shape index (κ1) is 47.6. The van der Waals surface area contributed by atoms with Gasteiger partial charge in [-0.1, -0.05) is 145 Å². The Morgan fingerprint density at radius 1 is 0.426 bits per heavy atom. The van der Waals surface area contributed by atoms with Crippen molar-refractivity contribution in [3.05, 3.63) is 204 Å². The van der Waals surface area contributed by atoms with Gasteiger partial charge in [-0.25, -0.2) is 0 Å². The summed E-state index contributed by atoms with van der Waals surface area (Å²) in [7, 11) is -6.02. The number of halogens is 3. The minimum Gasteiger partial charge on any atom is -0.375 e. The number of aromatic nitrogens is 3. The first-order valence-electron chi connectivity index (χ1n) is 22.7. The van der Waals surface area contributed by atoms with Crippen LogP contribution >= 0.6 is 0 Å². The van der Waals surface area contributed by atoms with Gasteiger partial charge in [-0.2, -0.15) is 21.6 Å². The molecule has 0 N–H and O–H groups in total. The summed E-state index contributed by atoms with van der Waals surface area (Å²) in [5.41, 5.74) is 8.32. The first-order valence-corrected chi connectivity index (χ1v) is 24.1. The van der Waals surface area contributed by atoms with E-state index < -0.39 is 21.4 Å². The van der Waals surface area contributed by atoms with Gasteiger partial charge < -0.3 is 4.18 Å². The fourth-order valence-electron chi connectivity index (χ4n) is 8.22. The highest BCUT2D eigenvalue weighted by Gasteiger charge is 2.49. The lowest BCUT2D eigenvalue weighted by Crippen LogP contribution is -2.28. The maximum atomic E-state index is 13.9. The molecular formula is C58H54F3N3O3S. The zero-order chi connectivity index (χ0) is 48.3. The topological polar surface area (TPSA) is 82.0 Å². The minimum absolute atomic E-state index is 0.00153. The summed E-state index contributed by atoms with van der Waals surface area (Å²) in [4.78, 5) is 13.6. The monoisotopic (exact) mass is 929 g/mol. The lowest BCUT2D eigenvalue weighted by molar-refractivity contribution is -0.0499. The number of aryl methyl sites for hydroxylation is 4. The van der Waals surface area contributed by atoms with Crippen LogP contribution in [0, 0.1) is 0 Å². The SMILES string of the molecule is CC(C)(C)c1ccnc(-c2ccc(CCc3cc(CCc4ccc(-c5cc(C(C)(C)C)ccn5)cc4)cc(-c4ccccc4-c4ccc(-c5ccccn5)cc4OS(=O)(=O)C(F)(F)F)c3)cc2)c1. The van der Waals surface area contributed by atoms with Crippen molar-refractivity contribution >= 4 is 10.1 Å². The van der Waals surface area contributed by atoms with E-state index >= 15 is 0 Å². The van der Waals surface area contributed by atoms with Crippen molar-refractivity contribution in [1.82, 2.24) is 15.0 Å². The second-order valence-corrected chi connectivity index (χ2v) is 20.8. The van der Waals surface area contributed by atoms with Crippen LogP contribution in [-0.4, -0.2) is 28.9 Å². The van der Waals surface area contributed by atoms with E-state index in [1.165, 1.54) is 17.2 Å². The molecule has 8 rings (SSSR count). The molecule has 0 radical (unpaired) electrons. The van der Waals surface area contributed by atoms with Crippen molar-refractivity contribution in [1.29, 1.82) is 0 Å². The van der Waals surface area contributed by atoms with Crippen molar-refractivity contribution in [2.75, 3.05) is 0 Å². The Labute approximate surface area is 398 Å². The van der Waals surface area contributed by atoms with Crippen molar-refractivity contribution in [3.63, 3.8) is 0 Å². The molecule has 0 aliphatic rings. The van der Waals surface area contributed by atoms with Crippen LogP contribution in [0.15, 0.2) is 170 Å². The Morgan fingerprint density at radius 2 is 0.897 bits per heavy atom. The number of alkyl halides is 3. The highest BCUT2D eigenvalue weighted by Crippen LogP contribution is 2.42. The van der Waals surface area contributed by atoms with E-state index in [4.69, 9.17) is 4.18 Å². The normalized spacial score (nSPS) is 12.2. The number of hydrogen-bond donors (Lipinski definition) is 0. The summed E-state index contributed by atoms with van der Waals surface area (Å²) < 4.78 is 71.7. The number of hydrogen-bond acceptors (Lipinski definition) is 6. The summed E-state index contributed by atoms with van der Waals surface area (Å²) in [5, 5.41) is 0. The van der Waals surface area contributed by atoms with Crippen LogP contribution in [0.1, 0.15) is 74.9 Å². The third-order valence-corrected chi connectivity index (χ3v) is 13.1. The van der Waals surface area contributed by atoms with Crippen molar-refractivity contribution in [3.8, 4) is 61.8 Å². The van der Waals surface area contributed by atoms with Crippen LogP contribution in [0.3, 0.4) is 0 Å². The van der Waals surface area contributed by atoms with E-state index in [2.05, 4.69) is 147 Å². The van der Waals surface area contributed by atoms with Crippen LogP contribution in [-0.2, 0) is 46.6 Å². The number of benzene rings is 5. The van der Waals surface area contributed by atoms with Gasteiger partial charge in [0.05, 0.1) is 17.1 Å². The first-order chi connectivity index (χ1) is 32.3. The third kappa shape index (κ3) is 11.3. The Hall–Kier alpha value is -6.91. The Kier molecular flexibility index (Phi) is 13.5. The molecule has 346 valence electrons. The molecule has 10 heteroatoms. The van der Waals surface area contributed by atoms with E-state index in [0.29, 0.717) is 35.2 Å². The molecule has 3 heterocycles. The van der Waals surface area contributed by atoms with Crippen LogP contribution in [0.2, 0.25) is 0 Å². The molecule has 0 amide bonds. The predicted octanol–water partition coefficient (Wildman–Crippen LogP) is 14.6. The molecule has 0 aliphatic carbocycles. The summed E-state index contributed by atoms with van der Waals surface area (Å²) >= 11 is 0. The van der Waals surface area contributed by atoms with Crippen LogP contribution < -0.4 is 4.18 Å². The zero-order valence-electron chi connectivity index (χ0n) is 39.1. The molecule has 0 unspecified atom stereocenters. The van der Waals surface area contributed by atoms with Gasteiger partial charge in [0.2, 0.25) is 0 Å². The molecule has 0 atom stereocenters. The molecular weight excluding hydrogens is 876 g/mol. The Bertz CT molecular complexity index is 3030. The second kappa shape index (κ2) is 19.4. The maximum absolute atomic E-state index is 13.9. The lowest BCUT2D eigenvalue weighted by Gasteiger charge is -2.19. The van der Waals surface area contributed by atoms with Gasteiger partial charge in [-0.3, -0.25) is 15.0 Å². The molecule has 3 aromatic heterocycles. The van der Waals surface area contributed by atoms with Gasteiger partial charge in [-0.15, -0.1) is 0 Å². The highest BCUT2D eigenvalue weighted by molar-refractivity contribution is 7.88. The molecule has 5 aromatic carbocycles. The molecule has 0 aliphatic heterocycles. The summed E-state index contributed by atoms with van der Waals surface area (Å²) in [6.45, 7) is 13.1. The Balaban J connectivity index is 1.14. The molecule has 0 saturated heterocycles. The van der Waals surface area contributed by atoms with Crippen molar-refractivity contribution in [2.45, 2.75) is 83.6 Å². The second-order valence-electron chi connectivity index (χ2n) is 19.2. The molecule has 0 spiro atoms. The van der Waals surface area contributed by atoms with Crippen molar-refractivity contribution < 1.29 is 25.8 Å². The van der Waals surface area contributed by atoms with E-state index in [1.54, 1.807) is 48.7 Å². The standard InChI is InChI=1S/C58H54F3N3O3S/c1-56(2,3)47-28-31-63-53(37-47)43-22-18-39(19-23-43)14-16-41-33-42(17-15-40-20-24-44(25-21-40)54-38-48(29-32-64-54)57(4,5)6)35-46(34-41)49-11-7-8-12-50(49)51-27-26-45(52-13-9-10-30-62-52)36-55(51)67-68(65,66)58(59,60)61/h7-13,18-38H,14-17H2,1-6H3. The van der Waals surface area contributed by atoms with Gasteiger partial charge in [0.1, 0.15) is 0 Å². The fraction of sp³-hybridized carbons (Fsp3) is 0.224.